The standard InChI is InChI=1S/C27H52N14O7/c1-14(42)19(23(46)41-13-5-9-18(41)24(47)48)40-22(45)17(8-4-12-37-27(33)34)39-21(44)16(7-3-11-36-26(31)32)38-20(43)15(28)6-2-10-35-25(29)30/h14-19,42H,2-13,28H2,1H3,(H,38,43)(H,39,44)(H,40,45)(H,47,48)(H4,29,30,35)(H4,31,32,36)(H4,33,34,37). The highest BCUT2D eigenvalue weighted by Gasteiger charge is 2.40. The Morgan fingerprint density at radius 1 is 0.750 bits per heavy atom. The largest absolute Gasteiger partial charge is 0.480 e. The molecular weight excluding hydrogens is 632 g/mol. The molecule has 0 aromatic rings. The number of aliphatic hydroxyl groups is 1. The fourth-order valence-electron chi connectivity index (χ4n) is 4.85. The van der Waals surface area contributed by atoms with Gasteiger partial charge in [-0.1, -0.05) is 0 Å². The maximum atomic E-state index is 13.6. The third-order valence-corrected chi connectivity index (χ3v) is 7.33. The fraction of sp³-hybridized carbons (Fsp3) is 0.704. The first kappa shape index (κ1) is 41.1. The Hall–Kier alpha value is -4.92. The smallest absolute Gasteiger partial charge is 0.326 e. The number of aliphatic imine (C=N–C) groups is 3. The molecule has 1 fully saturated rings. The van der Waals surface area contributed by atoms with Crippen LogP contribution in [0.3, 0.4) is 0 Å². The van der Waals surface area contributed by atoms with Gasteiger partial charge in [0.2, 0.25) is 23.6 Å². The summed E-state index contributed by atoms with van der Waals surface area (Å²) in [5.41, 5.74) is 38.2. The van der Waals surface area contributed by atoms with Crippen molar-refractivity contribution < 1.29 is 34.2 Å². The third kappa shape index (κ3) is 15.1. The number of nitrogens with two attached hydrogens (primary N) is 7. The first-order chi connectivity index (χ1) is 22.5. The third-order valence-electron chi connectivity index (χ3n) is 7.33. The lowest BCUT2D eigenvalue weighted by Gasteiger charge is -2.30. The zero-order chi connectivity index (χ0) is 36.4. The molecule has 21 heteroatoms. The maximum absolute atomic E-state index is 13.6. The van der Waals surface area contributed by atoms with Crippen molar-refractivity contribution in [2.24, 2.45) is 55.1 Å². The van der Waals surface area contributed by atoms with Crippen molar-refractivity contribution in [2.75, 3.05) is 26.2 Å². The van der Waals surface area contributed by atoms with E-state index in [1.165, 1.54) is 6.92 Å². The van der Waals surface area contributed by atoms with Crippen LogP contribution in [0.1, 0.15) is 58.3 Å². The molecule has 6 atom stereocenters. The van der Waals surface area contributed by atoms with E-state index in [1.807, 2.05) is 0 Å². The molecule has 0 bridgehead atoms. The van der Waals surface area contributed by atoms with Crippen LogP contribution in [0.2, 0.25) is 0 Å². The Morgan fingerprint density at radius 3 is 1.62 bits per heavy atom. The first-order valence-corrected chi connectivity index (χ1v) is 15.6. The van der Waals surface area contributed by atoms with E-state index < -0.39 is 65.9 Å². The number of carbonyl (C=O) groups excluding carboxylic acids is 4. The molecule has 4 amide bonds. The minimum absolute atomic E-state index is 0.0183. The number of carbonyl (C=O) groups is 5. The summed E-state index contributed by atoms with van der Waals surface area (Å²) in [6, 6.07) is -6.10. The van der Waals surface area contributed by atoms with Gasteiger partial charge in [-0.15, -0.1) is 0 Å². The molecule has 1 saturated heterocycles. The summed E-state index contributed by atoms with van der Waals surface area (Å²) in [6.07, 6.45) is 0.340. The van der Waals surface area contributed by atoms with E-state index in [0.29, 0.717) is 12.8 Å². The first-order valence-electron chi connectivity index (χ1n) is 15.6. The topological polar surface area (TPSA) is 384 Å². The molecule has 6 unspecified atom stereocenters. The SMILES string of the molecule is CC(O)C(NC(=O)C(CCCN=C(N)N)NC(=O)C(CCCN=C(N)N)NC(=O)C(N)CCCN=C(N)N)C(=O)N1CCCC1C(=O)O. The average molecular weight is 685 g/mol. The number of amides is 4. The molecule has 0 aromatic heterocycles. The number of guanidine groups is 3. The van der Waals surface area contributed by atoms with Gasteiger partial charge in [-0.3, -0.25) is 34.2 Å². The highest BCUT2D eigenvalue weighted by Crippen LogP contribution is 2.19. The number of hydrogen-bond donors (Lipinski definition) is 12. The lowest BCUT2D eigenvalue weighted by Crippen LogP contribution is -2.60. The van der Waals surface area contributed by atoms with Gasteiger partial charge in [0.15, 0.2) is 17.9 Å². The van der Waals surface area contributed by atoms with Crippen LogP contribution >= 0.6 is 0 Å². The summed E-state index contributed by atoms with van der Waals surface area (Å²) in [5.74, 6) is -4.69. The van der Waals surface area contributed by atoms with Gasteiger partial charge in [0.05, 0.1) is 12.1 Å². The van der Waals surface area contributed by atoms with Gasteiger partial charge >= 0.3 is 5.97 Å². The predicted octanol–water partition coefficient (Wildman–Crippen LogP) is -5.61. The van der Waals surface area contributed by atoms with Crippen molar-refractivity contribution in [2.45, 2.75) is 94.6 Å². The number of rotatable bonds is 21. The second-order valence-corrected chi connectivity index (χ2v) is 11.3. The van der Waals surface area contributed by atoms with Crippen LogP contribution in [0.5, 0.6) is 0 Å². The Labute approximate surface area is 278 Å². The second-order valence-electron chi connectivity index (χ2n) is 11.3. The summed E-state index contributed by atoms with van der Waals surface area (Å²) in [5, 5.41) is 27.6. The molecule has 0 aromatic carbocycles. The number of carboxylic acids is 1. The van der Waals surface area contributed by atoms with Crippen LogP contribution in [0.4, 0.5) is 0 Å². The average Bonchev–Trinajstić information content (AvgIpc) is 3.50. The number of nitrogens with one attached hydrogen (secondary N) is 3. The van der Waals surface area contributed by atoms with E-state index in [2.05, 4.69) is 30.9 Å². The summed E-state index contributed by atoms with van der Waals surface area (Å²) in [4.78, 5) is 77.7. The number of carboxylic acid groups (broad SMARTS) is 1. The molecule has 0 spiro atoms. The molecule has 21 nitrogen and oxygen atoms in total. The molecule has 0 radical (unpaired) electrons. The Bertz CT molecular complexity index is 1180. The number of nitrogens with zero attached hydrogens (tertiary/aromatic N) is 4. The summed E-state index contributed by atoms with van der Waals surface area (Å²) in [6.45, 7) is 1.88. The van der Waals surface area contributed by atoms with Gasteiger partial charge in [-0.25, -0.2) is 4.79 Å². The normalized spacial score (nSPS) is 17.1. The highest BCUT2D eigenvalue weighted by atomic mass is 16.4. The van der Waals surface area contributed by atoms with Crippen LogP contribution in [0.15, 0.2) is 15.0 Å². The van der Waals surface area contributed by atoms with E-state index in [1.54, 1.807) is 0 Å². The van der Waals surface area contributed by atoms with Crippen molar-refractivity contribution >= 4 is 47.5 Å². The summed E-state index contributed by atoms with van der Waals surface area (Å²) >= 11 is 0. The van der Waals surface area contributed by atoms with Crippen molar-refractivity contribution in [1.82, 2.24) is 20.9 Å². The Morgan fingerprint density at radius 2 is 1.19 bits per heavy atom. The van der Waals surface area contributed by atoms with Crippen LogP contribution in [0, 0.1) is 0 Å². The summed E-state index contributed by atoms with van der Waals surface area (Å²) in [7, 11) is 0. The quantitative estimate of drug-likeness (QED) is 0.0305. The van der Waals surface area contributed by atoms with E-state index >= 15 is 0 Å². The monoisotopic (exact) mass is 684 g/mol. The van der Waals surface area contributed by atoms with Crippen LogP contribution < -0.4 is 56.1 Å². The molecule has 19 N–H and O–H groups in total. The number of likely N-dealkylation sites (tertiary alicyclic amines) is 1. The highest BCUT2D eigenvalue weighted by molar-refractivity contribution is 5.95. The zero-order valence-electron chi connectivity index (χ0n) is 27.2. The second kappa shape index (κ2) is 21.1. The molecule has 1 aliphatic rings. The van der Waals surface area contributed by atoms with Gasteiger partial charge in [-0.2, -0.15) is 0 Å². The van der Waals surface area contributed by atoms with Crippen LogP contribution in [-0.2, 0) is 24.0 Å². The van der Waals surface area contributed by atoms with E-state index in [-0.39, 0.29) is 82.6 Å². The number of hydrogen-bond acceptors (Lipinski definition) is 10. The molecule has 1 rings (SSSR count). The predicted molar refractivity (Wildman–Crippen MR) is 178 cm³/mol. The van der Waals surface area contributed by atoms with Crippen LogP contribution in [-0.4, -0.2) is 125 Å². The molecule has 0 aliphatic carbocycles. The molecule has 272 valence electrons. The Balaban J connectivity index is 3.19. The van der Waals surface area contributed by atoms with Crippen LogP contribution in [0.25, 0.3) is 0 Å². The minimum atomic E-state index is -1.51. The molecular formula is C27H52N14O7. The molecule has 1 aliphatic heterocycles. The summed E-state index contributed by atoms with van der Waals surface area (Å²) < 4.78 is 0. The van der Waals surface area contributed by atoms with Crippen molar-refractivity contribution in [3.63, 3.8) is 0 Å². The van der Waals surface area contributed by atoms with Crippen molar-refractivity contribution in [1.29, 1.82) is 0 Å². The fourth-order valence-corrected chi connectivity index (χ4v) is 4.85. The lowest BCUT2D eigenvalue weighted by atomic mass is 10.0. The minimum Gasteiger partial charge on any atom is -0.480 e. The zero-order valence-corrected chi connectivity index (χ0v) is 27.2. The molecule has 48 heavy (non-hydrogen) atoms. The van der Waals surface area contributed by atoms with Gasteiger partial charge < -0.3 is 71.2 Å². The number of aliphatic hydroxyl groups excluding tert-OH is 1. The van der Waals surface area contributed by atoms with Gasteiger partial charge in [0.1, 0.15) is 24.2 Å². The number of aliphatic carboxylic acids is 1. The molecule has 0 saturated carbocycles. The Kier molecular flexibility index (Phi) is 18.0. The van der Waals surface area contributed by atoms with Gasteiger partial charge in [0.25, 0.3) is 0 Å². The van der Waals surface area contributed by atoms with E-state index in [9.17, 15) is 34.2 Å². The van der Waals surface area contributed by atoms with E-state index in [0.717, 1.165) is 4.90 Å². The lowest BCUT2D eigenvalue weighted by molar-refractivity contribution is -0.150. The van der Waals surface area contributed by atoms with Crippen molar-refractivity contribution in [3.05, 3.63) is 0 Å². The van der Waals surface area contributed by atoms with Crippen molar-refractivity contribution in [3.8, 4) is 0 Å². The molecule has 1 heterocycles. The van der Waals surface area contributed by atoms with Gasteiger partial charge in [-0.05, 0) is 58.3 Å². The van der Waals surface area contributed by atoms with Gasteiger partial charge in [0, 0.05) is 26.2 Å². The van der Waals surface area contributed by atoms with E-state index in [4.69, 9.17) is 40.1 Å². The maximum Gasteiger partial charge on any atom is 0.326 e.